The average molecular weight is 677 g/mol. The molecule has 2 amide bonds. The first kappa shape index (κ1) is 35.1. The molecule has 0 spiro atoms. The fraction of sp³-hybridized carbons (Fsp3) is 0.533. The summed E-state index contributed by atoms with van der Waals surface area (Å²) in [4.78, 5) is 25.0. The summed E-state index contributed by atoms with van der Waals surface area (Å²) in [5.74, 6) is -8.34. The predicted molar refractivity (Wildman–Crippen MR) is 158 cm³/mol. The van der Waals surface area contributed by atoms with Gasteiger partial charge in [0.1, 0.15) is 6.10 Å². The lowest BCUT2D eigenvalue weighted by Crippen LogP contribution is -2.61. The van der Waals surface area contributed by atoms with E-state index in [-0.39, 0.29) is 54.1 Å². The molecule has 10 nitrogen and oxygen atoms in total. The average Bonchev–Trinajstić information content (AvgIpc) is 3.33. The van der Waals surface area contributed by atoms with E-state index in [0.717, 1.165) is 6.07 Å². The molecular formula is C30H36ClF3N2O8S. The summed E-state index contributed by atoms with van der Waals surface area (Å²) in [6, 6.07) is 4.56. The van der Waals surface area contributed by atoms with Gasteiger partial charge in [-0.15, -0.1) is 0 Å². The molecule has 2 aliphatic rings. The Hall–Kier alpha value is -2.75. The first-order valence-corrected chi connectivity index (χ1v) is 16.5. The molecule has 2 aromatic carbocycles. The quantitative estimate of drug-likeness (QED) is 0.220. The van der Waals surface area contributed by atoms with Gasteiger partial charge < -0.3 is 31.1 Å². The van der Waals surface area contributed by atoms with Crippen molar-refractivity contribution >= 4 is 38.9 Å². The van der Waals surface area contributed by atoms with E-state index >= 15 is 0 Å². The number of aliphatic hydroxyl groups is 4. The number of hydrogen-bond donors (Lipinski definition) is 6. The highest BCUT2D eigenvalue weighted by molar-refractivity contribution is 7.92. The van der Waals surface area contributed by atoms with E-state index in [1.807, 2.05) is 0 Å². The summed E-state index contributed by atoms with van der Waals surface area (Å²) in [5, 5.41) is 45.8. The van der Waals surface area contributed by atoms with Gasteiger partial charge in [-0.2, -0.15) is 0 Å². The van der Waals surface area contributed by atoms with Gasteiger partial charge in [-0.1, -0.05) is 31.9 Å². The maximum atomic E-state index is 13.9. The minimum atomic E-state index is -4.23. The van der Waals surface area contributed by atoms with E-state index in [4.69, 9.17) is 11.6 Å². The van der Waals surface area contributed by atoms with Crippen LogP contribution in [0.5, 0.6) is 0 Å². The number of anilines is 1. The Bertz CT molecular complexity index is 1530. The zero-order valence-electron chi connectivity index (χ0n) is 24.5. The molecule has 248 valence electrons. The Morgan fingerprint density at radius 3 is 2.22 bits per heavy atom. The van der Waals surface area contributed by atoms with Gasteiger partial charge in [0.15, 0.2) is 27.3 Å². The summed E-state index contributed by atoms with van der Waals surface area (Å²) in [7, 11) is -4.23. The Labute approximate surface area is 263 Å². The monoisotopic (exact) mass is 676 g/mol. The number of carbonyl (C=O) groups is 2. The van der Waals surface area contributed by atoms with Crippen LogP contribution in [-0.2, 0) is 14.6 Å². The van der Waals surface area contributed by atoms with Gasteiger partial charge in [-0.3, -0.25) is 9.59 Å². The number of hydrogen-bond acceptors (Lipinski definition) is 8. The molecule has 0 aromatic heterocycles. The molecule has 15 heteroatoms. The molecule has 0 radical (unpaired) electrons. The number of nitrogens with one attached hydrogen (secondary N) is 2. The van der Waals surface area contributed by atoms with Crippen molar-refractivity contribution in [1.29, 1.82) is 0 Å². The van der Waals surface area contributed by atoms with Crippen LogP contribution in [0, 0.1) is 35.2 Å². The smallest absolute Gasteiger partial charge is 0.255 e. The van der Waals surface area contributed by atoms with Gasteiger partial charge in [-0.25, -0.2) is 21.6 Å². The van der Waals surface area contributed by atoms with Gasteiger partial charge in [0.05, 0.1) is 33.0 Å². The van der Waals surface area contributed by atoms with Crippen molar-refractivity contribution in [3.8, 4) is 0 Å². The van der Waals surface area contributed by atoms with Crippen molar-refractivity contribution in [2.45, 2.75) is 80.0 Å². The standard InChI is InChI=1S/C30H36ClF3N2O8S/c1-3-17-10-19(6-14(2)30(17,42)26(39)13-35-28(40)16-7-23(37)24(38)8-16)45(43,44)25-9-15(4-5-20(25)31)29(41)36-18-11-21(32)27(34)22(33)12-18/h4-5,9,11-12,14,16-17,19,23-24,26,37-39,42H,3,6-8,10,13H2,1-2H3,(H,35,40)(H,36,41)/t14-,16?,17?,19-,23?,24?,26?,30-/m0/s1. The lowest BCUT2D eigenvalue weighted by Gasteiger charge is -2.49. The van der Waals surface area contributed by atoms with E-state index in [1.165, 1.54) is 12.1 Å². The second-order valence-electron chi connectivity index (χ2n) is 11.9. The number of rotatable bonds is 9. The third-order valence-electron chi connectivity index (χ3n) is 9.15. The molecule has 2 aromatic rings. The molecule has 0 aliphatic heterocycles. The first-order chi connectivity index (χ1) is 21.0. The van der Waals surface area contributed by atoms with Gasteiger partial charge in [0, 0.05) is 35.8 Å². The topological polar surface area (TPSA) is 173 Å². The molecule has 7 atom stereocenters. The molecule has 0 bridgehead atoms. The van der Waals surface area contributed by atoms with Crippen molar-refractivity contribution in [2.75, 3.05) is 11.9 Å². The molecule has 2 saturated carbocycles. The Balaban J connectivity index is 1.50. The minimum Gasteiger partial charge on any atom is -0.390 e. The predicted octanol–water partition coefficient (Wildman–Crippen LogP) is 2.95. The second-order valence-corrected chi connectivity index (χ2v) is 14.6. The maximum Gasteiger partial charge on any atom is 0.255 e. The van der Waals surface area contributed by atoms with E-state index in [1.54, 1.807) is 13.8 Å². The fourth-order valence-electron chi connectivity index (χ4n) is 6.52. The lowest BCUT2D eigenvalue weighted by molar-refractivity contribution is -0.163. The first-order valence-electron chi connectivity index (χ1n) is 14.5. The number of amides is 2. The van der Waals surface area contributed by atoms with Gasteiger partial charge in [0.2, 0.25) is 5.91 Å². The molecule has 2 fully saturated rings. The van der Waals surface area contributed by atoms with Crippen LogP contribution < -0.4 is 10.6 Å². The van der Waals surface area contributed by atoms with Crippen LogP contribution >= 0.6 is 11.6 Å². The van der Waals surface area contributed by atoms with E-state index in [9.17, 15) is 51.6 Å². The largest absolute Gasteiger partial charge is 0.390 e. The number of carbonyl (C=O) groups excluding carboxylic acids is 2. The zero-order chi connectivity index (χ0) is 33.4. The number of benzene rings is 2. The van der Waals surface area contributed by atoms with Crippen LogP contribution in [0.2, 0.25) is 5.02 Å². The minimum absolute atomic E-state index is 0.0651. The van der Waals surface area contributed by atoms with Crippen LogP contribution in [0.1, 0.15) is 56.3 Å². The lowest BCUT2D eigenvalue weighted by atomic mass is 9.65. The Kier molecular flexibility index (Phi) is 10.6. The van der Waals surface area contributed by atoms with Gasteiger partial charge in [-0.05, 0) is 55.7 Å². The molecule has 45 heavy (non-hydrogen) atoms. The van der Waals surface area contributed by atoms with Crippen LogP contribution in [0.3, 0.4) is 0 Å². The highest BCUT2D eigenvalue weighted by Crippen LogP contribution is 2.46. The van der Waals surface area contributed by atoms with Crippen LogP contribution in [0.25, 0.3) is 0 Å². The summed E-state index contributed by atoms with van der Waals surface area (Å²) >= 11 is 6.27. The summed E-state index contributed by atoms with van der Waals surface area (Å²) in [5.41, 5.74) is -2.37. The summed E-state index contributed by atoms with van der Waals surface area (Å²) < 4.78 is 68.3. The highest BCUT2D eigenvalue weighted by Gasteiger charge is 2.53. The molecule has 0 heterocycles. The molecular weight excluding hydrogens is 641 g/mol. The van der Waals surface area contributed by atoms with Crippen molar-refractivity contribution in [2.24, 2.45) is 17.8 Å². The third-order valence-corrected chi connectivity index (χ3v) is 11.8. The van der Waals surface area contributed by atoms with Crippen molar-refractivity contribution in [3.63, 3.8) is 0 Å². The molecule has 4 unspecified atom stereocenters. The number of aliphatic hydroxyl groups excluding tert-OH is 3. The second kappa shape index (κ2) is 13.5. The van der Waals surface area contributed by atoms with Crippen LogP contribution in [0.4, 0.5) is 18.9 Å². The van der Waals surface area contributed by atoms with Crippen LogP contribution in [-0.4, -0.2) is 76.4 Å². The Morgan fingerprint density at radius 2 is 1.64 bits per heavy atom. The Morgan fingerprint density at radius 1 is 1.04 bits per heavy atom. The third kappa shape index (κ3) is 7.00. The number of halogens is 4. The normalized spacial score (nSPS) is 29.3. The SMILES string of the molecule is CCC1C[C@@H](S(=O)(=O)c2cc(C(=O)Nc3cc(F)c(F)c(F)c3)ccc2Cl)C[C@H](C)[C@@]1(O)C(O)CNC(=O)C1CC(O)C(O)C1. The van der Waals surface area contributed by atoms with Gasteiger partial charge >= 0.3 is 0 Å². The highest BCUT2D eigenvalue weighted by atomic mass is 35.5. The molecule has 6 N–H and O–H groups in total. The maximum absolute atomic E-state index is 13.9. The van der Waals surface area contributed by atoms with Gasteiger partial charge in [0.25, 0.3) is 5.91 Å². The fourth-order valence-corrected chi connectivity index (χ4v) is 8.98. The van der Waals surface area contributed by atoms with Crippen molar-refractivity contribution in [1.82, 2.24) is 5.32 Å². The van der Waals surface area contributed by atoms with E-state index in [2.05, 4.69) is 10.6 Å². The van der Waals surface area contributed by atoms with E-state index < -0.39 is 91.7 Å². The molecule has 4 rings (SSSR count). The summed E-state index contributed by atoms with van der Waals surface area (Å²) in [6.07, 6.45) is -3.27. The van der Waals surface area contributed by atoms with Crippen molar-refractivity contribution < 1.29 is 51.6 Å². The number of sulfone groups is 1. The zero-order valence-corrected chi connectivity index (χ0v) is 26.1. The van der Waals surface area contributed by atoms with Crippen molar-refractivity contribution in [3.05, 3.63) is 58.4 Å². The van der Waals surface area contributed by atoms with Crippen LogP contribution in [0.15, 0.2) is 35.2 Å². The molecule has 0 saturated heterocycles. The summed E-state index contributed by atoms with van der Waals surface area (Å²) in [6.45, 7) is 2.98. The molecule has 2 aliphatic carbocycles. The van der Waals surface area contributed by atoms with E-state index in [0.29, 0.717) is 12.1 Å².